The number of hydrogen-bond donors (Lipinski definition) is 2. The summed E-state index contributed by atoms with van der Waals surface area (Å²) in [7, 11) is 0. The van der Waals surface area contributed by atoms with Crippen LogP contribution >= 0.6 is 0 Å². The van der Waals surface area contributed by atoms with Gasteiger partial charge in [-0.3, -0.25) is 0 Å². The number of benzene rings is 2. The fourth-order valence-corrected chi connectivity index (χ4v) is 2.86. The minimum Gasteiger partial charge on any atom is -0.337 e. The molecule has 1 unspecified atom stereocenters. The van der Waals surface area contributed by atoms with Crippen LogP contribution in [0.5, 0.6) is 0 Å². The van der Waals surface area contributed by atoms with Gasteiger partial charge in [-0.25, -0.2) is 4.79 Å². The van der Waals surface area contributed by atoms with E-state index in [1.807, 2.05) is 82.3 Å². The molecule has 0 aliphatic carbocycles. The highest BCUT2D eigenvalue weighted by atomic mass is 16.5. The van der Waals surface area contributed by atoms with E-state index >= 15 is 0 Å². The summed E-state index contributed by atoms with van der Waals surface area (Å²) in [6.45, 7) is 7.81. The molecule has 3 rings (SSSR count). The molecule has 0 saturated heterocycles. The predicted molar refractivity (Wildman–Crippen MR) is 109 cm³/mol. The highest BCUT2D eigenvalue weighted by molar-refractivity contribution is 5.75. The van der Waals surface area contributed by atoms with Crippen LogP contribution in [-0.2, 0) is 6.42 Å². The predicted octanol–water partition coefficient (Wildman–Crippen LogP) is 4.43. The number of nitrogens with one attached hydrogen (secondary N) is 2. The molecule has 146 valence electrons. The van der Waals surface area contributed by atoms with Gasteiger partial charge in [-0.15, -0.1) is 0 Å². The lowest BCUT2D eigenvalue weighted by Crippen LogP contribution is -2.47. The van der Waals surface area contributed by atoms with Crippen molar-refractivity contribution in [1.29, 1.82) is 0 Å². The summed E-state index contributed by atoms with van der Waals surface area (Å²) in [5, 5.41) is 9.99. The Labute approximate surface area is 165 Å². The largest absolute Gasteiger partial charge is 0.337 e. The monoisotopic (exact) mass is 378 g/mol. The van der Waals surface area contributed by atoms with E-state index in [1.165, 1.54) is 0 Å². The van der Waals surface area contributed by atoms with E-state index in [4.69, 9.17) is 4.52 Å². The number of aryl methyl sites for hydroxylation is 1. The van der Waals surface area contributed by atoms with Crippen LogP contribution in [0.3, 0.4) is 0 Å². The van der Waals surface area contributed by atoms with Gasteiger partial charge in [-0.1, -0.05) is 59.3 Å². The average Bonchev–Trinajstić information content (AvgIpc) is 3.10. The molecule has 0 aliphatic rings. The molecule has 0 aliphatic heterocycles. The first-order valence-electron chi connectivity index (χ1n) is 9.33. The van der Waals surface area contributed by atoms with Crippen molar-refractivity contribution in [1.82, 2.24) is 20.8 Å². The van der Waals surface area contributed by atoms with Gasteiger partial charge in [0.05, 0.1) is 0 Å². The van der Waals surface area contributed by atoms with Crippen LogP contribution in [0.2, 0.25) is 0 Å². The van der Waals surface area contributed by atoms with Crippen molar-refractivity contribution >= 4 is 6.03 Å². The quantitative estimate of drug-likeness (QED) is 0.688. The summed E-state index contributed by atoms with van der Waals surface area (Å²) in [4.78, 5) is 17.0. The average molecular weight is 378 g/mol. The molecule has 2 N–H and O–H groups in total. The number of hydrogen-bond acceptors (Lipinski definition) is 4. The third-order valence-electron chi connectivity index (χ3n) is 4.09. The summed E-state index contributed by atoms with van der Waals surface area (Å²) in [5.74, 6) is 0.888. The Balaban J connectivity index is 1.85. The molecule has 1 heterocycles. The van der Waals surface area contributed by atoms with E-state index in [-0.39, 0.29) is 11.6 Å². The van der Waals surface area contributed by atoms with Crippen LogP contribution in [0.25, 0.3) is 11.4 Å². The second-order valence-electron chi connectivity index (χ2n) is 7.92. The van der Waals surface area contributed by atoms with Crippen molar-refractivity contribution in [3.8, 4) is 11.4 Å². The van der Waals surface area contributed by atoms with Crippen LogP contribution in [-0.4, -0.2) is 21.7 Å². The first kappa shape index (κ1) is 19.6. The molecule has 0 saturated carbocycles. The van der Waals surface area contributed by atoms with Gasteiger partial charge in [0.25, 0.3) is 0 Å². The van der Waals surface area contributed by atoms with Crippen molar-refractivity contribution in [2.45, 2.75) is 45.7 Å². The third kappa shape index (κ3) is 5.42. The van der Waals surface area contributed by atoms with Crippen molar-refractivity contribution < 1.29 is 9.32 Å². The molecule has 2 aromatic carbocycles. The number of carbonyl (C=O) groups excluding carboxylic acids is 1. The minimum atomic E-state index is -0.434. The Bertz CT molecular complexity index is 929. The molecular weight excluding hydrogens is 352 g/mol. The molecule has 6 nitrogen and oxygen atoms in total. The van der Waals surface area contributed by atoms with Gasteiger partial charge in [-0.05, 0) is 39.3 Å². The summed E-state index contributed by atoms with van der Waals surface area (Å²) in [6.07, 6.45) is 0.549. The third-order valence-corrected chi connectivity index (χ3v) is 4.09. The molecule has 2 amide bonds. The molecule has 28 heavy (non-hydrogen) atoms. The van der Waals surface area contributed by atoms with Crippen molar-refractivity contribution in [3.05, 3.63) is 71.6 Å². The van der Waals surface area contributed by atoms with Crippen molar-refractivity contribution in [2.24, 2.45) is 0 Å². The summed E-state index contributed by atoms with van der Waals surface area (Å²) in [5.41, 5.74) is 2.72. The SMILES string of the molecule is Cc1cccc(-c2noc(C(Cc3ccccc3)NC(=O)NC(C)(C)C)n2)c1. The van der Waals surface area contributed by atoms with Crippen LogP contribution in [0.15, 0.2) is 59.1 Å². The number of nitrogens with zero attached hydrogens (tertiary/aromatic N) is 2. The highest BCUT2D eigenvalue weighted by Crippen LogP contribution is 2.22. The molecule has 1 atom stereocenters. The van der Waals surface area contributed by atoms with Gasteiger partial charge in [0, 0.05) is 17.5 Å². The Morgan fingerprint density at radius 1 is 1.11 bits per heavy atom. The van der Waals surface area contributed by atoms with Gasteiger partial charge in [0.15, 0.2) is 0 Å². The zero-order chi connectivity index (χ0) is 20.1. The van der Waals surface area contributed by atoms with Gasteiger partial charge in [0.2, 0.25) is 11.7 Å². The van der Waals surface area contributed by atoms with E-state index in [0.717, 1.165) is 16.7 Å². The zero-order valence-electron chi connectivity index (χ0n) is 16.7. The lowest BCUT2D eigenvalue weighted by Gasteiger charge is -2.23. The van der Waals surface area contributed by atoms with Crippen LogP contribution < -0.4 is 10.6 Å². The molecule has 6 heteroatoms. The zero-order valence-corrected chi connectivity index (χ0v) is 16.7. The van der Waals surface area contributed by atoms with E-state index in [0.29, 0.717) is 18.1 Å². The molecule has 3 aromatic rings. The normalized spacial score (nSPS) is 12.4. The number of urea groups is 1. The lowest BCUT2D eigenvalue weighted by molar-refractivity contribution is 0.223. The second kappa shape index (κ2) is 8.25. The smallest absolute Gasteiger partial charge is 0.315 e. The summed E-state index contributed by atoms with van der Waals surface area (Å²) < 4.78 is 5.52. The van der Waals surface area contributed by atoms with Gasteiger partial charge >= 0.3 is 6.03 Å². The summed E-state index contributed by atoms with van der Waals surface area (Å²) in [6, 6.07) is 17.1. The van der Waals surface area contributed by atoms with E-state index in [2.05, 4.69) is 20.8 Å². The van der Waals surface area contributed by atoms with Crippen molar-refractivity contribution in [2.75, 3.05) is 0 Å². The fourth-order valence-electron chi connectivity index (χ4n) is 2.86. The number of aromatic nitrogens is 2. The van der Waals surface area contributed by atoms with Crippen LogP contribution in [0.1, 0.15) is 43.8 Å². The lowest BCUT2D eigenvalue weighted by atomic mass is 10.1. The van der Waals surface area contributed by atoms with Crippen molar-refractivity contribution in [3.63, 3.8) is 0 Å². The molecule has 0 fully saturated rings. The maximum Gasteiger partial charge on any atom is 0.315 e. The Morgan fingerprint density at radius 2 is 1.86 bits per heavy atom. The molecule has 1 aromatic heterocycles. The first-order valence-corrected chi connectivity index (χ1v) is 9.33. The Morgan fingerprint density at radius 3 is 2.54 bits per heavy atom. The second-order valence-corrected chi connectivity index (χ2v) is 7.92. The Hall–Kier alpha value is -3.15. The first-order chi connectivity index (χ1) is 13.3. The van der Waals surface area contributed by atoms with E-state index in [9.17, 15) is 4.79 Å². The topological polar surface area (TPSA) is 80.0 Å². The maximum absolute atomic E-state index is 12.4. The molecule has 0 spiro atoms. The van der Waals surface area contributed by atoms with Crippen LogP contribution in [0, 0.1) is 6.92 Å². The van der Waals surface area contributed by atoms with Gasteiger partial charge in [0.1, 0.15) is 6.04 Å². The maximum atomic E-state index is 12.4. The fraction of sp³-hybridized carbons (Fsp3) is 0.318. The number of rotatable bonds is 5. The summed E-state index contributed by atoms with van der Waals surface area (Å²) >= 11 is 0. The highest BCUT2D eigenvalue weighted by Gasteiger charge is 2.24. The van der Waals surface area contributed by atoms with Crippen LogP contribution in [0.4, 0.5) is 4.79 Å². The molecular formula is C22H26N4O2. The van der Waals surface area contributed by atoms with E-state index in [1.54, 1.807) is 0 Å². The molecule has 0 bridgehead atoms. The standard InChI is InChI=1S/C22H26N4O2/c1-15-9-8-12-17(13-15)19-24-20(28-26-19)18(14-16-10-6-5-7-11-16)23-21(27)25-22(2,3)4/h5-13,18H,14H2,1-4H3,(H2,23,25,27). The Kier molecular flexibility index (Phi) is 5.78. The van der Waals surface area contributed by atoms with E-state index < -0.39 is 6.04 Å². The number of carbonyl (C=O) groups is 1. The number of amides is 2. The minimum absolute atomic E-state index is 0.274. The van der Waals surface area contributed by atoms with Gasteiger partial charge < -0.3 is 15.2 Å². The van der Waals surface area contributed by atoms with Gasteiger partial charge in [-0.2, -0.15) is 4.98 Å². The molecule has 0 radical (unpaired) electrons.